The van der Waals surface area contributed by atoms with Crippen LogP contribution in [0.1, 0.15) is 13.3 Å². The summed E-state index contributed by atoms with van der Waals surface area (Å²) in [7, 11) is 0. The van der Waals surface area contributed by atoms with Crippen molar-refractivity contribution >= 4 is 18.1 Å². The molecule has 0 saturated heterocycles. The van der Waals surface area contributed by atoms with Gasteiger partial charge >= 0.3 is 0 Å². The van der Waals surface area contributed by atoms with Gasteiger partial charge in [0.2, 0.25) is 5.91 Å². The quantitative estimate of drug-likeness (QED) is 0.813. The molecule has 19 heavy (non-hydrogen) atoms. The van der Waals surface area contributed by atoms with E-state index in [1.807, 2.05) is 25.1 Å². The van der Waals surface area contributed by atoms with Crippen LogP contribution in [-0.4, -0.2) is 32.2 Å². The minimum absolute atomic E-state index is 0.0865. The van der Waals surface area contributed by atoms with Crippen LogP contribution in [0.15, 0.2) is 24.4 Å². The van der Waals surface area contributed by atoms with Gasteiger partial charge in [-0.3, -0.25) is 19.4 Å². The molecule has 2 N–H and O–H groups in total. The Morgan fingerprint density at radius 3 is 3.05 bits per heavy atom. The summed E-state index contributed by atoms with van der Waals surface area (Å²) < 4.78 is 2.05. The summed E-state index contributed by atoms with van der Waals surface area (Å²) >= 11 is 5.14. The first-order chi connectivity index (χ1) is 9.22. The Bertz CT molecular complexity index is 604. The molecule has 0 unspecified atom stereocenters. The van der Waals surface area contributed by atoms with Crippen LogP contribution in [0.3, 0.4) is 0 Å². The fraction of sp³-hybridized carbons (Fsp3) is 0.333. The van der Waals surface area contributed by atoms with Crippen molar-refractivity contribution in [1.29, 1.82) is 0 Å². The van der Waals surface area contributed by atoms with Crippen LogP contribution in [-0.2, 0) is 11.3 Å². The van der Waals surface area contributed by atoms with E-state index in [-0.39, 0.29) is 12.5 Å². The SMILES string of the molecule is CCCNC(=O)Cn1c(-c2ccccn2)n[nH]c1=S. The molecule has 7 heteroatoms. The number of aromatic amines is 1. The van der Waals surface area contributed by atoms with Crippen LogP contribution >= 0.6 is 12.2 Å². The normalized spacial score (nSPS) is 10.4. The van der Waals surface area contributed by atoms with Gasteiger partial charge in [0, 0.05) is 12.7 Å². The van der Waals surface area contributed by atoms with Gasteiger partial charge in [-0.05, 0) is 30.8 Å². The number of nitrogens with one attached hydrogen (secondary N) is 2. The van der Waals surface area contributed by atoms with E-state index in [1.54, 1.807) is 10.8 Å². The lowest BCUT2D eigenvalue weighted by atomic mass is 10.3. The number of rotatable bonds is 5. The predicted octanol–water partition coefficient (Wildman–Crippen LogP) is 1.53. The first-order valence-corrected chi connectivity index (χ1v) is 6.46. The number of pyridine rings is 1. The molecule has 2 aromatic heterocycles. The smallest absolute Gasteiger partial charge is 0.240 e. The Labute approximate surface area is 115 Å². The molecule has 0 fully saturated rings. The maximum Gasteiger partial charge on any atom is 0.240 e. The van der Waals surface area contributed by atoms with Gasteiger partial charge in [-0.1, -0.05) is 13.0 Å². The van der Waals surface area contributed by atoms with E-state index in [2.05, 4.69) is 20.5 Å². The van der Waals surface area contributed by atoms with Crippen molar-refractivity contribution in [1.82, 2.24) is 25.1 Å². The molecule has 0 atom stereocenters. The van der Waals surface area contributed by atoms with Crippen molar-refractivity contribution in [3.8, 4) is 11.5 Å². The highest BCUT2D eigenvalue weighted by molar-refractivity contribution is 7.71. The van der Waals surface area contributed by atoms with Crippen molar-refractivity contribution in [2.24, 2.45) is 0 Å². The minimum Gasteiger partial charge on any atom is -0.355 e. The second-order valence-electron chi connectivity index (χ2n) is 4.00. The highest BCUT2D eigenvalue weighted by atomic mass is 32.1. The van der Waals surface area contributed by atoms with Crippen LogP contribution in [0.5, 0.6) is 0 Å². The second kappa shape index (κ2) is 6.24. The lowest BCUT2D eigenvalue weighted by Crippen LogP contribution is -2.28. The highest BCUT2D eigenvalue weighted by Gasteiger charge is 2.12. The largest absolute Gasteiger partial charge is 0.355 e. The van der Waals surface area contributed by atoms with Crippen molar-refractivity contribution in [2.75, 3.05) is 6.54 Å². The van der Waals surface area contributed by atoms with Gasteiger partial charge in [0.15, 0.2) is 10.6 Å². The third-order valence-electron chi connectivity index (χ3n) is 2.53. The van der Waals surface area contributed by atoms with Crippen LogP contribution in [0.25, 0.3) is 11.5 Å². The molecular formula is C12H15N5OS. The van der Waals surface area contributed by atoms with E-state index in [0.717, 1.165) is 6.42 Å². The van der Waals surface area contributed by atoms with Gasteiger partial charge in [0.25, 0.3) is 0 Å². The van der Waals surface area contributed by atoms with Crippen molar-refractivity contribution in [2.45, 2.75) is 19.9 Å². The summed E-state index contributed by atoms with van der Waals surface area (Å²) in [6.07, 6.45) is 2.57. The standard InChI is InChI=1S/C12H15N5OS/c1-2-6-14-10(18)8-17-11(15-16-12(17)19)9-5-3-4-7-13-9/h3-5,7H,2,6,8H2,1H3,(H,14,18)(H,16,19). The van der Waals surface area contributed by atoms with E-state index in [0.29, 0.717) is 22.8 Å². The zero-order valence-corrected chi connectivity index (χ0v) is 11.4. The molecule has 100 valence electrons. The molecule has 0 aromatic carbocycles. The Morgan fingerprint density at radius 1 is 1.53 bits per heavy atom. The summed E-state index contributed by atoms with van der Waals surface area (Å²) in [5.41, 5.74) is 0.679. The van der Waals surface area contributed by atoms with E-state index in [4.69, 9.17) is 12.2 Å². The first-order valence-electron chi connectivity index (χ1n) is 6.05. The molecule has 0 aliphatic heterocycles. The Morgan fingerprint density at radius 2 is 2.37 bits per heavy atom. The van der Waals surface area contributed by atoms with Gasteiger partial charge < -0.3 is 5.32 Å². The zero-order chi connectivity index (χ0) is 13.7. The molecule has 2 aromatic rings. The number of H-pyrrole nitrogens is 1. The van der Waals surface area contributed by atoms with Crippen molar-refractivity contribution in [3.63, 3.8) is 0 Å². The number of carbonyl (C=O) groups is 1. The number of amides is 1. The number of aromatic nitrogens is 4. The fourth-order valence-corrected chi connectivity index (χ4v) is 1.82. The topological polar surface area (TPSA) is 75.6 Å². The van der Waals surface area contributed by atoms with Gasteiger partial charge in [-0.2, -0.15) is 5.10 Å². The van der Waals surface area contributed by atoms with E-state index in [1.165, 1.54) is 0 Å². The fourth-order valence-electron chi connectivity index (χ4n) is 1.62. The third-order valence-corrected chi connectivity index (χ3v) is 2.84. The van der Waals surface area contributed by atoms with E-state index in [9.17, 15) is 4.79 Å². The zero-order valence-electron chi connectivity index (χ0n) is 10.6. The maximum atomic E-state index is 11.8. The second-order valence-corrected chi connectivity index (χ2v) is 4.39. The molecule has 0 radical (unpaired) electrons. The van der Waals surface area contributed by atoms with Gasteiger partial charge in [-0.15, -0.1) is 0 Å². The van der Waals surface area contributed by atoms with Crippen LogP contribution in [0, 0.1) is 4.77 Å². The molecule has 0 aliphatic rings. The Kier molecular flexibility index (Phi) is 4.40. The minimum atomic E-state index is -0.0865. The van der Waals surface area contributed by atoms with Gasteiger partial charge in [-0.25, -0.2) is 0 Å². The van der Waals surface area contributed by atoms with E-state index < -0.39 is 0 Å². The van der Waals surface area contributed by atoms with Crippen LogP contribution < -0.4 is 5.32 Å². The number of hydrogen-bond donors (Lipinski definition) is 2. The molecule has 0 spiro atoms. The van der Waals surface area contributed by atoms with Crippen LogP contribution in [0.4, 0.5) is 0 Å². The third kappa shape index (κ3) is 3.25. The molecule has 2 rings (SSSR count). The lowest BCUT2D eigenvalue weighted by Gasteiger charge is -2.06. The van der Waals surface area contributed by atoms with Crippen LogP contribution in [0.2, 0.25) is 0 Å². The summed E-state index contributed by atoms with van der Waals surface area (Å²) in [6, 6.07) is 5.51. The number of nitrogens with zero attached hydrogens (tertiary/aromatic N) is 3. The van der Waals surface area contributed by atoms with E-state index >= 15 is 0 Å². The molecule has 0 aliphatic carbocycles. The average Bonchev–Trinajstić information content (AvgIpc) is 2.79. The first kappa shape index (κ1) is 13.4. The molecular weight excluding hydrogens is 262 g/mol. The van der Waals surface area contributed by atoms with Gasteiger partial charge in [0.1, 0.15) is 12.2 Å². The summed E-state index contributed by atoms with van der Waals surface area (Å²) in [4.78, 5) is 16.0. The predicted molar refractivity (Wildman–Crippen MR) is 73.9 cm³/mol. The highest BCUT2D eigenvalue weighted by Crippen LogP contribution is 2.13. The average molecular weight is 277 g/mol. The summed E-state index contributed by atoms with van der Waals surface area (Å²) in [5, 5.41) is 9.62. The number of hydrogen-bond acceptors (Lipinski definition) is 4. The number of carbonyl (C=O) groups excluding carboxylic acids is 1. The maximum absolute atomic E-state index is 11.8. The van der Waals surface area contributed by atoms with Crippen molar-refractivity contribution in [3.05, 3.63) is 29.2 Å². The molecule has 0 saturated carbocycles. The van der Waals surface area contributed by atoms with Gasteiger partial charge in [0.05, 0.1) is 0 Å². The monoisotopic (exact) mass is 277 g/mol. The Balaban J connectivity index is 2.24. The molecule has 6 nitrogen and oxygen atoms in total. The summed E-state index contributed by atoms with van der Waals surface area (Å²) in [5.74, 6) is 0.480. The molecule has 0 bridgehead atoms. The van der Waals surface area contributed by atoms with Crippen molar-refractivity contribution < 1.29 is 4.79 Å². The molecule has 2 heterocycles. The lowest BCUT2D eigenvalue weighted by molar-refractivity contribution is -0.121. The molecule has 1 amide bonds. The summed E-state index contributed by atoms with van der Waals surface area (Å²) in [6.45, 7) is 2.80. The Hall–Kier alpha value is -2.02.